The highest BCUT2D eigenvalue weighted by atomic mass is 14.9. The first-order chi connectivity index (χ1) is 17.0. The van der Waals surface area contributed by atoms with Crippen LogP contribution >= 0.6 is 0 Å². The second kappa shape index (κ2) is 10.9. The summed E-state index contributed by atoms with van der Waals surface area (Å²) in [7, 11) is 0. The Morgan fingerprint density at radius 3 is 2.20 bits per heavy atom. The van der Waals surface area contributed by atoms with Crippen molar-refractivity contribution in [1.82, 2.24) is 0 Å². The first kappa shape index (κ1) is 24.1. The van der Waals surface area contributed by atoms with E-state index in [4.69, 9.17) is 9.98 Å². The van der Waals surface area contributed by atoms with Crippen LogP contribution in [0.15, 0.2) is 108 Å². The molecule has 0 aromatic heterocycles. The summed E-state index contributed by atoms with van der Waals surface area (Å²) in [6, 6.07) is 29.3. The minimum atomic E-state index is 0.666. The molecular formula is C33H32N2. The lowest BCUT2D eigenvalue weighted by Crippen LogP contribution is -2.05. The van der Waals surface area contributed by atoms with Gasteiger partial charge in [-0.25, -0.2) is 9.98 Å². The van der Waals surface area contributed by atoms with Crippen LogP contribution in [-0.2, 0) is 0 Å². The topological polar surface area (TPSA) is 24.7 Å². The number of nitrogens with zero attached hydrogens (tertiary/aromatic N) is 2. The normalized spacial score (nSPS) is 12.5. The van der Waals surface area contributed by atoms with Crippen molar-refractivity contribution in [2.24, 2.45) is 9.98 Å². The van der Waals surface area contributed by atoms with Crippen LogP contribution in [0, 0.1) is 13.8 Å². The summed E-state index contributed by atoms with van der Waals surface area (Å²) in [5.74, 6) is 0.666. The van der Waals surface area contributed by atoms with Crippen molar-refractivity contribution in [3.63, 3.8) is 0 Å². The van der Waals surface area contributed by atoms with Crippen LogP contribution in [0.25, 0.3) is 22.5 Å². The molecule has 4 aromatic rings. The number of hydrogen-bond acceptors (Lipinski definition) is 1. The van der Waals surface area contributed by atoms with E-state index in [0.717, 1.165) is 34.2 Å². The third kappa shape index (κ3) is 5.55. The Morgan fingerprint density at radius 2 is 1.46 bits per heavy atom. The molecule has 0 saturated heterocycles. The molecule has 0 spiro atoms. The molecule has 0 saturated carbocycles. The molecule has 0 fully saturated rings. The van der Waals surface area contributed by atoms with Gasteiger partial charge in [0.05, 0.1) is 5.70 Å². The van der Waals surface area contributed by atoms with E-state index in [1.807, 2.05) is 25.1 Å². The van der Waals surface area contributed by atoms with Crippen molar-refractivity contribution in [3.05, 3.63) is 131 Å². The van der Waals surface area contributed by atoms with Crippen LogP contribution in [-0.4, -0.2) is 11.5 Å². The van der Waals surface area contributed by atoms with Gasteiger partial charge in [-0.15, -0.1) is 0 Å². The number of fused-ring (bicyclic) bond motifs is 1. The van der Waals surface area contributed by atoms with E-state index >= 15 is 0 Å². The second-order valence-corrected chi connectivity index (χ2v) is 8.80. The van der Waals surface area contributed by atoms with Crippen molar-refractivity contribution < 1.29 is 0 Å². The molecule has 0 N–H and O–H groups in total. The molecule has 0 atom stereocenters. The molecule has 0 heterocycles. The lowest BCUT2D eigenvalue weighted by Gasteiger charge is -2.12. The summed E-state index contributed by atoms with van der Waals surface area (Å²) in [5.41, 5.74) is 8.33. The third-order valence-electron chi connectivity index (χ3n) is 6.23. The van der Waals surface area contributed by atoms with Crippen molar-refractivity contribution in [1.29, 1.82) is 0 Å². The van der Waals surface area contributed by atoms with Crippen molar-refractivity contribution in [2.75, 3.05) is 0 Å². The van der Waals surface area contributed by atoms with Crippen LogP contribution < -0.4 is 0 Å². The fourth-order valence-electron chi connectivity index (χ4n) is 4.13. The quantitative estimate of drug-likeness (QED) is 0.204. The predicted octanol–water partition coefficient (Wildman–Crippen LogP) is 8.81. The Balaban J connectivity index is 1.87. The number of allylic oxidation sites excluding steroid dienone is 1. The van der Waals surface area contributed by atoms with Gasteiger partial charge < -0.3 is 0 Å². The Kier molecular flexibility index (Phi) is 7.52. The molecule has 0 aliphatic heterocycles. The molecule has 2 heteroatoms. The molecule has 2 nitrogen and oxygen atoms in total. The zero-order chi connectivity index (χ0) is 24.8. The molecule has 4 rings (SSSR count). The zero-order valence-corrected chi connectivity index (χ0v) is 21.0. The van der Waals surface area contributed by atoms with Crippen LogP contribution in [0.4, 0.5) is 0 Å². The maximum atomic E-state index is 5.04. The van der Waals surface area contributed by atoms with Gasteiger partial charge in [0.1, 0.15) is 0 Å². The Labute approximate surface area is 209 Å². The number of rotatable bonds is 6. The van der Waals surface area contributed by atoms with Crippen LogP contribution in [0.3, 0.4) is 0 Å². The van der Waals surface area contributed by atoms with Gasteiger partial charge in [-0.05, 0) is 66.3 Å². The lowest BCUT2D eigenvalue weighted by molar-refractivity contribution is 1.23. The van der Waals surface area contributed by atoms with Gasteiger partial charge in [0, 0.05) is 16.8 Å². The highest BCUT2D eigenvalue weighted by molar-refractivity contribution is 6.17. The lowest BCUT2D eigenvalue weighted by atomic mass is 9.99. The van der Waals surface area contributed by atoms with E-state index in [0.29, 0.717) is 11.5 Å². The smallest absolute Gasteiger partial charge is 0.160 e. The van der Waals surface area contributed by atoms with E-state index in [9.17, 15) is 0 Å². The Morgan fingerprint density at radius 1 is 0.771 bits per heavy atom. The van der Waals surface area contributed by atoms with Gasteiger partial charge in [0.2, 0.25) is 0 Å². The first-order valence-electron chi connectivity index (χ1n) is 12.1. The molecular weight excluding hydrogens is 424 g/mol. The molecule has 4 aromatic carbocycles. The van der Waals surface area contributed by atoms with E-state index in [1.54, 1.807) is 0 Å². The maximum absolute atomic E-state index is 5.04. The number of hydrogen-bond donors (Lipinski definition) is 0. The number of aryl methyl sites for hydroxylation is 2. The summed E-state index contributed by atoms with van der Waals surface area (Å²) in [6.45, 7) is 12.8. The van der Waals surface area contributed by atoms with Gasteiger partial charge in [-0.1, -0.05) is 105 Å². The number of amidine groups is 1. The molecule has 35 heavy (non-hydrogen) atoms. The predicted molar refractivity (Wildman–Crippen MR) is 153 cm³/mol. The number of aliphatic imine (C=N–C) groups is 2. The Hall–Kier alpha value is -4.04. The molecule has 0 radical (unpaired) electrons. The maximum Gasteiger partial charge on any atom is 0.160 e. The van der Waals surface area contributed by atoms with Crippen molar-refractivity contribution in [3.8, 4) is 0 Å². The monoisotopic (exact) mass is 456 g/mol. The molecule has 0 bridgehead atoms. The minimum absolute atomic E-state index is 0.666. The van der Waals surface area contributed by atoms with Crippen LogP contribution in [0.1, 0.15) is 53.6 Å². The van der Waals surface area contributed by atoms with E-state index in [2.05, 4.69) is 106 Å². The van der Waals surface area contributed by atoms with E-state index < -0.39 is 0 Å². The molecule has 0 aliphatic carbocycles. The Bertz CT molecular complexity index is 1450. The summed E-state index contributed by atoms with van der Waals surface area (Å²) in [4.78, 5) is 10.1. The van der Waals surface area contributed by atoms with Crippen molar-refractivity contribution in [2.45, 2.75) is 34.1 Å². The van der Waals surface area contributed by atoms with Gasteiger partial charge in [-0.3, -0.25) is 0 Å². The fraction of sp³-hybridized carbons (Fsp3) is 0.152. The highest BCUT2D eigenvalue weighted by Crippen LogP contribution is 2.26. The summed E-state index contributed by atoms with van der Waals surface area (Å²) in [6.07, 6.45) is 5.35. The van der Waals surface area contributed by atoms with Gasteiger partial charge in [0.25, 0.3) is 0 Å². The summed E-state index contributed by atoms with van der Waals surface area (Å²) >= 11 is 0. The van der Waals surface area contributed by atoms with E-state index in [1.165, 1.54) is 22.1 Å². The SMILES string of the molecule is C=C(N=C(N=C(C)c1ccccc1)c1ccc(C)c2ccccc12)c1ccc(C)c(/C=C\CC)c1. The average Bonchev–Trinajstić information content (AvgIpc) is 2.88. The summed E-state index contributed by atoms with van der Waals surface area (Å²) < 4.78 is 0. The fourth-order valence-corrected chi connectivity index (χ4v) is 4.13. The molecule has 0 amide bonds. The zero-order valence-electron chi connectivity index (χ0n) is 21.0. The van der Waals surface area contributed by atoms with Gasteiger partial charge in [0.15, 0.2) is 5.84 Å². The standard InChI is InChI=1S/C33H32N2/c1-6-7-13-28-22-29(20-18-23(28)2)26(5)35-33(34-25(4)27-14-9-8-10-15-27)32-21-19-24(3)30-16-11-12-17-31(30)32/h7-22H,5-6H2,1-4H3/b13-7-,34-25?,35-33?. The minimum Gasteiger partial charge on any atom is -0.233 e. The largest absolute Gasteiger partial charge is 0.233 e. The third-order valence-corrected chi connectivity index (χ3v) is 6.23. The highest BCUT2D eigenvalue weighted by Gasteiger charge is 2.12. The molecule has 0 aliphatic rings. The van der Waals surface area contributed by atoms with E-state index in [-0.39, 0.29) is 0 Å². The van der Waals surface area contributed by atoms with Gasteiger partial charge in [-0.2, -0.15) is 0 Å². The van der Waals surface area contributed by atoms with Gasteiger partial charge >= 0.3 is 0 Å². The summed E-state index contributed by atoms with van der Waals surface area (Å²) in [5, 5.41) is 2.34. The van der Waals surface area contributed by atoms with Crippen molar-refractivity contribution >= 4 is 34.1 Å². The molecule has 0 unspecified atom stereocenters. The van der Waals surface area contributed by atoms with Crippen LogP contribution in [0.2, 0.25) is 0 Å². The molecule has 174 valence electrons. The van der Waals surface area contributed by atoms with Crippen LogP contribution in [0.5, 0.6) is 0 Å². The number of benzene rings is 4. The average molecular weight is 457 g/mol. The second-order valence-electron chi connectivity index (χ2n) is 8.80. The first-order valence-corrected chi connectivity index (χ1v) is 12.1.